The molecule has 0 saturated carbocycles. The molecule has 1 atom stereocenters. The first-order valence-corrected chi connectivity index (χ1v) is 8.94. The third-order valence-corrected chi connectivity index (χ3v) is 4.46. The molecule has 0 aromatic heterocycles. The normalized spacial score (nSPS) is 16.5. The monoisotopic (exact) mass is 379 g/mol. The van der Waals surface area contributed by atoms with E-state index >= 15 is 0 Å². The van der Waals surface area contributed by atoms with Gasteiger partial charge in [0.25, 0.3) is 0 Å². The molecule has 0 bridgehead atoms. The van der Waals surface area contributed by atoms with Crippen LogP contribution in [0.15, 0.2) is 88.8 Å². The summed E-state index contributed by atoms with van der Waals surface area (Å²) >= 11 is 12.4. The summed E-state index contributed by atoms with van der Waals surface area (Å²) in [5, 5.41) is 4.46. The van der Waals surface area contributed by atoms with Gasteiger partial charge in [0.1, 0.15) is 11.7 Å². The van der Waals surface area contributed by atoms with Crippen molar-refractivity contribution in [2.24, 2.45) is 9.98 Å². The Bertz CT molecular complexity index is 962. The zero-order valence-corrected chi connectivity index (χ0v) is 15.2. The predicted molar refractivity (Wildman–Crippen MR) is 108 cm³/mol. The Hall–Kier alpha value is -2.62. The molecule has 1 aliphatic heterocycles. The molecule has 0 fully saturated rings. The van der Waals surface area contributed by atoms with Crippen molar-refractivity contribution in [1.29, 1.82) is 0 Å². The number of halogens is 2. The Morgan fingerprint density at radius 2 is 1.19 bits per heavy atom. The van der Waals surface area contributed by atoms with Gasteiger partial charge in [-0.3, -0.25) is 0 Å². The molecule has 1 aliphatic rings. The molecule has 3 nitrogen and oxygen atoms in total. The lowest BCUT2D eigenvalue weighted by molar-refractivity contribution is 0.756. The van der Waals surface area contributed by atoms with Crippen molar-refractivity contribution in [3.05, 3.63) is 106 Å². The van der Waals surface area contributed by atoms with Gasteiger partial charge in [-0.2, -0.15) is 0 Å². The molecule has 3 aromatic carbocycles. The Kier molecular flexibility index (Phi) is 4.74. The summed E-state index contributed by atoms with van der Waals surface area (Å²) in [6.07, 6.45) is -0.333. The maximum atomic E-state index is 6.18. The van der Waals surface area contributed by atoms with Crippen LogP contribution in [0.4, 0.5) is 0 Å². The third-order valence-electron chi connectivity index (χ3n) is 4.02. The molecule has 1 N–H and O–H groups in total. The van der Waals surface area contributed by atoms with Crippen LogP contribution in [0.2, 0.25) is 10.0 Å². The van der Waals surface area contributed by atoms with Crippen LogP contribution in [-0.4, -0.2) is 11.7 Å². The molecular formula is C21H15Cl2N3. The number of nitrogens with zero attached hydrogens (tertiary/aromatic N) is 2. The van der Waals surface area contributed by atoms with Crippen LogP contribution in [0.25, 0.3) is 0 Å². The largest absolute Gasteiger partial charge is 0.324 e. The molecule has 1 unspecified atom stereocenters. The molecule has 1 heterocycles. The van der Waals surface area contributed by atoms with Crippen molar-refractivity contribution in [2.45, 2.75) is 6.17 Å². The van der Waals surface area contributed by atoms with Crippen LogP contribution in [0.5, 0.6) is 0 Å². The minimum absolute atomic E-state index is 0.333. The number of nitrogens with one attached hydrogen (secondary N) is 1. The summed E-state index contributed by atoms with van der Waals surface area (Å²) in [7, 11) is 0. The average molecular weight is 380 g/mol. The Morgan fingerprint density at radius 3 is 1.81 bits per heavy atom. The summed E-state index contributed by atoms with van der Waals surface area (Å²) in [5.41, 5.74) is 2.84. The van der Waals surface area contributed by atoms with E-state index in [0.717, 1.165) is 22.5 Å². The zero-order chi connectivity index (χ0) is 17.9. The number of hydrogen-bond acceptors (Lipinski definition) is 3. The molecule has 5 heteroatoms. The summed E-state index contributed by atoms with van der Waals surface area (Å²) in [5.74, 6) is 1.46. The van der Waals surface area contributed by atoms with Crippen molar-refractivity contribution in [3.63, 3.8) is 0 Å². The summed E-state index contributed by atoms with van der Waals surface area (Å²) in [4.78, 5) is 9.58. The maximum absolute atomic E-state index is 6.18. The van der Waals surface area contributed by atoms with E-state index in [1.54, 1.807) is 6.07 Å². The Labute approximate surface area is 162 Å². The first kappa shape index (κ1) is 16.8. The number of aliphatic imine (C=N–C) groups is 2. The highest BCUT2D eigenvalue weighted by molar-refractivity contribution is 6.35. The van der Waals surface area contributed by atoms with Gasteiger partial charge in [0.15, 0.2) is 6.17 Å². The standard InChI is InChI=1S/C21H15Cl2N3/c22-17-11-16(12-18(23)13-17)21-25-19(14-7-3-1-4-8-14)24-20(26-21)15-9-5-2-6-10-15/h1-13,19H,(H,24,25,26). The first-order chi connectivity index (χ1) is 12.7. The van der Waals surface area contributed by atoms with Gasteiger partial charge in [0.05, 0.1) is 0 Å². The lowest BCUT2D eigenvalue weighted by atomic mass is 10.1. The van der Waals surface area contributed by atoms with E-state index < -0.39 is 0 Å². The molecule has 4 rings (SSSR count). The summed E-state index contributed by atoms with van der Waals surface area (Å²) in [6, 6.07) is 25.4. The molecule has 0 aliphatic carbocycles. The van der Waals surface area contributed by atoms with Crippen molar-refractivity contribution in [3.8, 4) is 0 Å². The van der Waals surface area contributed by atoms with Gasteiger partial charge in [-0.25, -0.2) is 9.98 Å². The Morgan fingerprint density at radius 1 is 0.654 bits per heavy atom. The number of hydrogen-bond donors (Lipinski definition) is 1. The van der Waals surface area contributed by atoms with Crippen molar-refractivity contribution in [2.75, 3.05) is 0 Å². The molecule has 0 amide bonds. The van der Waals surface area contributed by atoms with Gasteiger partial charge < -0.3 is 5.32 Å². The van der Waals surface area contributed by atoms with E-state index in [1.165, 1.54) is 0 Å². The van der Waals surface area contributed by atoms with Crippen LogP contribution < -0.4 is 5.32 Å². The fourth-order valence-corrected chi connectivity index (χ4v) is 3.33. The molecular weight excluding hydrogens is 365 g/mol. The number of benzene rings is 3. The summed E-state index contributed by atoms with van der Waals surface area (Å²) < 4.78 is 0. The zero-order valence-electron chi connectivity index (χ0n) is 13.7. The van der Waals surface area contributed by atoms with Crippen LogP contribution in [0, 0.1) is 0 Å². The lowest BCUT2D eigenvalue weighted by Gasteiger charge is -2.22. The van der Waals surface area contributed by atoms with Crippen LogP contribution in [0.1, 0.15) is 22.9 Å². The lowest BCUT2D eigenvalue weighted by Crippen LogP contribution is -2.36. The second-order valence-corrected chi connectivity index (χ2v) is 6.76. The van der Waals surface area contributed by atoms with Crippen LogP contribution >= 0.6 is 23.2 Å². The van der Waals surface area contributed by atoms with Gasteiger partial charge in [0.2, 0.25) is 0 Å². The average Bonchev–Trinajstić information content (AvgIpc) is 2.68. The van der Waals surface area contributed by atoms with E-state index in [9.17, 15) is 0 Å². The van der Waals surface area contributed by atoms with Crippen molar-refractivity contribution < 1.29 is 0 Å². The first-order valence-electron chi connectivity index (χ1n) is 8.18. The van der Waals surface area contributed by atoms with E-state index in [-0.39, 0.29) is 6.17 Å². The molecule has 0 spiro atoms. The van der Waals surface area contributed by atoms with Gasteiger partial charge in [-0.15, -0.1) is 0 Å². The predicted octanol–water partition coefficient (Wildman–Crippen LogP) is 5.49. The van der Waals surface area contributed by atoms with Crippen LogP contribution in [-0.2, 0) is 0 Å². The minimum Gasteiger partial charge on any atom is -0.324 e. The molecule has 0 radical (unpaired) electrons. The fraction of sp³-hybridized carbons (Fsp3) is 0.0476. The fourth-order valence-electron chi connectivity index (χ4n) is 2.80. The van der Waals surface area contributed by atoms with E-state index in [2.05, 4.69) is 5.32 Å². The smallest absolute Gasteiger partial charge is 0.169 e. The van der Waals surface area contributed by atoms with Crippen molar-refractivity contribution in [1.82, 2.24) is 5.32 Å². The van der Waals surface area contributed by atoms with E-state index in [1.807, 2.05) is 72.8 Å². The number of rotatable bonds is 3. The van der Waals surface area contributed by atoms with Gasteiger partial charge in [0, 0.05) is 21.2 Å². The Balaban J connectivity index is 1.80. The minimum atomic E-state index is -0.333. The molecule has 26 heavy (non-hydrogen) atoms. The number of amidine groups is 2. The second-order valence-electron chi connectivity index (χ2n) is 5.89. The van der Waals surface area contributed by atoms with Gasteiger partial charge in [-0.1, -0.05) is 83.9 Å². The third kappa shape index (κ3) is 3.64. The second kappa shape index (κ2) is 7.32. The van der Waals surface area contributed by atoms with Crippen molar-refractivity contribution >= 4 is 34.9 Å². The SMILES string of the molecule is Clc1cc(Cl)cc(C2=NC(c3ccccc3)N=C(c3ccccc3)N2)c1. The van der Waals surface area contributed by atoms with E-state index in [0.29, 0.717) is 15.9 Å². The maximum Gasteiger partial charge on any atom is 0.169 e. The highest BCUT2D eigenvalue weighted by Gasteiger charge is 2.20. The van der Waals surface area contributed by atoms with Gasteiger partial charge >= 0.3 is 0 Å². The highest BCUT2D eigenvalue weighted by atomic mass is 35.5. The highest BCUT2D eigenvalue weighted by Crippen LogP contribution is 2.26. The molecule has 3 aromatic rings. The van der Waals surface area contributed by atoms with E-state index in [4.69, 9.17) is 33.2 Å². The quantitative estimate of drug-likeness (QED) is 0.641. The topological polar surface area (TPSA) is 36.8 Å². The summed E-state index contributed by atoms with van der Waals surface area (Å²) in [6.45, 7) is 0. The van der Waals surface area contributed by atoms with Gasteiger partial charge in [-0.05, 0) is 23.8 Å². The molecule has 0 saturated heterocycles. The molecule has 128 valence electrons. The van der Waals surface area contributed by atoms with Crippen LogP contribution in [0.3, 0.4) is 0 Å².